The van der Waals surface area contributed by atoms with E-state index in [-0.39, 0.29) is 12.5 Å². The van der Waals surface area contributed by atoms with Gasteiger partial charge in [0.2, 0.25) is 0 Å². The number of hydrogen-bond donors (Lipinski definition) is 0. The number of methoxy groups -OCH3 is 1. The molecule has 0 saturated heterocycles. The molecular weight excluding hydrogens is 458 g/mol. The third kappa shape index (κ3) is 5.38. The topological polar surface area (TPSA) is 54.9 Å². The maximum Gasteiger partial charge on any atom is 0.266 e. The Morgan fingerprint density at radius 3 is 2.61 bits per heavy atom. The van der Waals surface area contributed by atoms with Crippen LogP contribution in [-0.4, -0.2) is 56.7 Å². The Kier molecular flexibility index (Phi) is 7.33. The first-order chi connectivity index (χ1) is 16.0. The molecule has 6 nitrogen and oxygen atoms in total. The Labute approximate surface area is 202 Å². The molecule has 0 atom stereocenters. The van der Waals surface area contributed by atoms with Crippen molar-refractivity contribution in [3.63, 3.8) is 0 Å². The highest BCUT2D eigenvalue weighted by molar-refractivity contribution is 7.23. The van der Waals surface area contributed by atoms with Crippen LogP contribution < -0.4 is 14.4 Å². The van der Waals surface area contributed by atoms with E-state index in [1.807, 2.05) is 56.6 Å². The minimum absolute atomic E-state index is 0.0822. The lowest BCUT2D eigenvalue weighted by Gasteiger charge is -2.21. The summed E-state index contributed by atoms with van der Waals surface area (Å²) in [5, 5.41) is 3.37. The number of carbonyl (C=O) groups is 1. The molecule has 8 heteroatoms. The average molecular weight is 484 g/mol. The number of nitrogens with zero attached hydrogens (tertiary/aromatic N) is 3. The van der Waals surface area contributed by atoms with Gasteiger partial charge in [-0.1, -0.05) is 53.3 Å². The number of ether oxygens (including phenoxy) is 2. The zero-order chi connectivity index (χ0) is 23.4. The normalized spacial score (nSPS) is 11.3. The van der Waals surface area contributed by atoms with E-state index >= 15 is 0 Å². The largest absolute Gasteiger partial charge is 0.494 e. The molecule has 172 valence electrons. The van der Waals surface area contributed by atoms with Gasteiger partial charge in [-0.3, -0.25) is 9.69 Å². The number of thiazole rings is 1. The smallest absolute Gasteiger partial charge is 0.266 e. The molecule has 0 saturated carbocycles. The minimum Gasteiger partial charge on any atom is -0.494 e. The van der Waals surface area contributed by atoms with Gasteiger partial charge in [0.05, 0.1) is 16.8 Å². The summed E-state index contributed by atoms with van der Waals surface area (Å²) in [5.74, 6) is 1.13. The number of benzene rings is 3. The van der Waals surface area contributed by atoms with E-state index in [9.17, 15) is 4.79 Å². The predicted octanol–water partition coefficient (Wildman–Crippen LogP) is 5.48. The SMILES string of the molecule is COc1ccc(Cl)c2sc(N(CCCN(C)C)C(=O)COc3ccc4ccccc4c3)nc12. The van der Waals surface area contributed by atoms with Crippen molar-refractivity contribution in [3.05, 3.63) is 59.6 Å². The van der Waals surface area contributed by atoms with Crippen LogP contribution in [0.3, 0.4) is 0 Å². The van der Waals surface area contributed by atoms with Crippen molar-refractivity contribution in [2.24, 2.45) is 0 Å². The second kappa shape index (κ2) is 10.4. The van der Waals surface area contributed by atoms with Gasteiger partial charge in [0.15, 0.2) is 11.7 Å². The van der Waals surface area contributed by atoms with Gasteiger partial charge in [-0.2, -0.15) is 0 Å². The van der Waals surface area contributed by atoms with Crippen LogP contribution in [0.5, 0.6) is 11.5 Å². The summed E-state index contributed by atoms with van der Waals surface area (Å²) in [6.45, 7) is 1.29. The molecule has 3 aromatic carbocycles. The Morgan fingerprint density at radius 2 is 1.85 bits per heavy atom. The zero-order valence-corrected chi connectivity index (χ0v) is 20.4. The van der Waals surface area contributed by atoms with Gasteiger partial charge in [0.1, 0.15) is 17.0 Å². The summed E-state index contributed by atoms with van der Waals surface area (Å²) in [7, 11) is 5.62. The third-order valence-corrected chi connectivity index (χ3v) is 6.81. The molecule has 4 rings (SSSR count). The molecule has 0 radical (unpaired) electrons. The van der Waals surface area contributed by atoms with Crippen molar-refractivity contribution in [1.29, 1.82) is 0 Å². The van der Waals surface area contributed by atoms with Gasteiger partial charge in [-0.25, -0.2) is 4.98 Å². The predicted molar refractivity (Wildman–Crippen MR) is 136 cm³/mol. The van der Waals surface area contributed by atoms with Gasteiger partial charge < -0.3 is 14.4 Å². The van der Waals surface area contributed by atoms with E-state index in [0.29, 0.717) is 33.7 Å². The van der Waals surface area contributed by atoms with Gasteiger partial charge in [0, 0.05) is 6.54 Å². The van der Waals surface area contributed by atoms with E-state index in [1.54, 1.807) is 24.1 Å². The monoisotopic (exact) mass is 483 g/mol. The molecule has 0 spiro atoms. The molecule has 0 unspecified atom stereocenters. The molecule has 1 amide bonds. The first kappa shape index (κ1) is 23.3. The molecule has 0 bridgehead atoms. The lowest BCUT2D eigenvalue weighted by atomic mass is 10.1. The van der Waals surface area contributed by atoms with Crippen LogP contribution in [0, 0.1) is 0 Å². The standard InChI is InChI=1S/C25H26ClN3O3S/c1-28(2)13-6-14-29(25-27-23-21(31-3)12-11-20(26)24(23)33-25)22(30)16-32-19-10-9-17-7-4-5-8-18(17)15-19/h4-5,7-12,15H,6,13-14,16H2,1-3H3. The molecule has 1 heterocycles. The van der Waals surface area contributed by atoms with Crippen molar-refractivity contribution in [2.75, 3.05) is 45.8 Å². The number of rotatable bonds is 9. The van der Waals surface area contributed by atoms with Gasteiger partial charge in [0.25, 0.3) is 5.91 Å². The number of anilines is 1. The lowest BCUT2D eigenvalue weighted by molar-refractivity contribution is -0.120. The Bertz CT molecular complexity index is 1270. The molecular formula is C25H26ClN3O3S. The van der Waals surface area contributed by atoms with Crippen molar-refractivity contribution in [3.8, 4) is 11.5 Å². The summed E-state index contributed by atoms with van der Waals surface area (Å²) in [6.07, 6.45) is 0.801. The zero-order valence-electron chi connectivity index (χ0n) is 18.9. The maximum absolute atomic E-state index is 13.3. The highest BCUT2D eigenvalue weighted by atomic mass is 35.5. The average Bonchev–Trinajstić information content (AvgIpc) is 3.26. The molecule has 0 aliphatic carbocycles. The summed E-state index contributed by atoms with van der Waals surface area (Å²) < 4.78 is 12.1. The molecule has 33 heavy (non-hydrogen) atoms. The van der Waals surface area contributed by atoms with Gasteiger partial charge in [-0.15, -0.1) is 0 Å². The quantitative estimate of drug-likeness (QED) is 0.316. The molecule has 0 N–H and O–H groups in total. The maximum atomic E-state index is 13.3. The Balaban J connectivity index is 1.57. The summed E-state index contributed by atoms with van der Waals surface area (Å²) in [5.41, 5.74) is 0.658. The van der Waals surface area contributed by atoms with Crippen LogP contribution in [0.4, 0.5) is 5.13 Å². The highest BCUT2D eigenvalue weighted by Gasteiger charge is 2.22. The molecule has 1 aromatic heterocycles. The lowest BCUT2D eigenvalue weighted by Crippen LogP contribution is -2.36. The van der Waals surface area contributed by atoms with E-state index in [2.05, 4.69) is 4.90 Å². The number of halogens is 1. The van der Waals surface area contributed by atoms with Crippen molar-refractivity contribution in [1.82, 2.24) is 9.88 Å². The van der Waals surface area contributed by atoms with Crippen molar-refractivity contribution < 1.29 is 14.3 Å². The molecule has 4 aromatic rings. The number of aromatic nitrogens is 1. The number of fused-ring (bicyclic) bond motifs is 2. The van der Waals surface area contributed by atoms with E-state index in [4.69, 9.17) is 26.1 Å². The fraction of sp³-hybridized carbons (Fsp3) is 0.280. The van der Waals surface area contributed by atoms with Crippen LogP contribution in [-0.2, 0) is 4.79 Å². The van der Waals surface area contributed by atoms with E-state index in [0.717, 1.165) is 28.4 Å². The Hall–Kier alpha value is -2.87. The summed E-state index contributed by atoms with van der Waals surface area (Å²) in [4.78, 5) is 21.7. The second-order valence-electron chi connectivity index (χ2n) is 7.92. The number of amides is 1. The fourth-order valence-corrected chi connectivity index (χ4v) is 4.87. The molecule has 0 aliphatic rings. The van der Waals surface area contributed by atoms with Crippen LogP contribution in [0.2, 0.25) is 5.02 Å². The van der Waals surface area contributed by atoms with Crippen LogP contribution >= 0.6 is 22.9 Å². The highest BCUT2D eigenvalue weighted by Crippen LogP contribution is 2.38. The second-order valence-corrected chi connectivity index (χ2v) is 9.31. The summed E-state index contributed by atoms with van der Waals surface area (Å²) in [6, 6.07) is 17.4. The number of hydrogen-bond acceptors (Lipinski definition) is 6. The molecule has 0 fully saturated rings. The van der Waals surface area contributed by atoms with Gasteiger partial charge in [-0.05, 0) is 62.1 Å². The summed E-state index contributed by atoms with van der Waals surface area (Å²) >= 11 is 7.78. The van der Waals surface area contributed by atoms with Crippen LogP contribution in [0.25, 0.3) is 21.0 Å². The first-order valence-electron chi connectivity index (χ1n) is 10.7. The molecule has 0 aliphatic heterocycles. The minimum atomic E-state index is -0.156. The van der Waals surface area contributed by atoms with Crippen molar-refractivity contribution in [2.45, 2.75) is 6.42 Å². The third-order valence-electron chi connectivity index (χ3n) is 5.27. The van der Waals surface area contributed by atoms with E-state index < -0.39 is 0 Å². The van der Waals surface area contributed by atoms with Crippen LogP contribution in [0.1, 0.15) is 6.42 Å². The van der Waals surface area contributed by atoms with Crippen molar-refractivity contribution >= 4 is 55.0 Å². The van der Waals surface area contributed by atoms with Crippen LogP contribution in [0.15, 0.2) is 54.6 Å². The first-order valence-corrected chi connectivity index (χ1v) is 11.9. The van der Waals surface area contributed by atoms with Gasteiger partial charge >= 0.3 is 0 Å². The fourth-order valence-electron chi connectivity index (χ4n) is 3.57. The Morgan fingerprint density at radius 1 is 1.06 bits per heavy atom. The number of carbonyl (C=O) groups excluding carboxylic acids is 1. The van der Waals surface area contributed by atoms with E-state index in [1.165, 1.54) is 11.3 Å².